The first-order chi connectivity index (χ1) is 11.9. The molecule has 2 aromatic carbocycles. The summed E-state index contributed by atoms with van der Waals surface area (Å²) in [6, 6.07) is 9.25. The Labute approximate surface area is 149 Å². The number of aryl methyl sites for hydroxylation is 1. The van der Waals surface area contributed by atoms with E-state index in [1.54, 1.807) is 24.3 Å². The van der Waals surface area contributed by atoms with Crippen molar-refractivity contribution >= 4 is 29.2 Å². The van der Waals surface area contributed by atoms with Gasteiger partial charge in [0.1, 0.15) is 0 Å². The molecule has 0 saturated heterocycles. The van der Waals surface area contributed by atoms with E-state index in [0.29, 0.717) is 16.3 Å². The normalized spacial score (nSPS) is 10.2. The summed E-state index contributed by atoms with van der Waals surface area (Å²) < 4.78 is 23.3. The number of hydrogen-bond acceptors (Lipinski definition) is 4. The third kappa shape index (κ3) is 5.46. The first-order valence-electron chi connectivity index (χ1n) is 7.43. The second-order valence-corrected chi connectivity index (χ2v) is 5.75. The minimum atomic E-state index is -0.637. The molecule has 0 saturated carbocycles. The van der Waals surface area contributed by atoms with Gasteiger partial charge in [0.2, 0.25) is 0 Å². The molecule has 132 valence electrons. The number of esters is 1. The van der Waals surface area contributed by atoms with Crippen LogP contribution in [-0.2, 0) is 20.7 Å². The lowest BCUT2D eigenvalue weighted by molar-refractivity contribution is -0.146. The van der Waals surface area contributed by atoms with Crippen LogP contribution in [-0.4, -0.2) is 25.6 Å². The van der Waals surface area contributed by atoms with E-state index in [1.807, 2.05) is 6.92 Å². The standard InChI is InChI=1S/C18H17ClFNO4/c1-11-3-5-13(19)9-15(11)21-17(22)10-25-18(23)8-12-4-6-16(24-2)14(20)7-12/h3-7,9H,8,10H2,1-2H3,(H,21,22). The van der Waals surface area contributed by atoms with E-state index < -0.39 is 24.3 Å². The van der Waals surface area contributed by atoms with Crippen LogP contribution >= 0.6 is 11.6 Å². The van der Waals surface area contributed by atoms with Crippen LogP contribution in [0.3, 0.4) is 0 Å². The summed E-state index contributed by atoms with van der Waals surface area (Å²) >= 11 is 5.88. The van der Waals surface area contributed by atoms with Crippen molar-refractivity contribution in [3.63, 3.8) is 0 Å². The summed E-state index contributed by atoms with van der Waals surface area (Å²) in [5.41, 5.74) is 1.80. The lowest BCUT2D eigenvalue weighted by Gasteiger charge is -2.09. The summed E-state index contributed by atoms with van der Waals surface area (Å²) in [6.45, 7) is 1.37. The highest BCUT2D eigenvalue weighted by atomic mass is 35.5. The molecule has 0 aliphatic heterocycles. The smallest absolute Gasteiger partial charge is 0.310 e. The number of rotatable bonds is 6. The molecule has 1 amide bonds. The fraction of sp³-hybridized carbons (Fsp3) is 0.222. The quantitative estimate of drug-likeness (QED) is 0.795. The Kier molecular flexibility index (Phi) is 6.36. The number of anilines is 1. The maximum absolute atomic E-state index is 13.6. The molecular formula is C18H17ClFNO4. The van der Waals surface area contributed by atoms with Crippen LogP contribution in [0.5, 0.6) is 5.75 Å². The van der Waals surface area contributed by atoms with Crippen molar-refractivity contribution in [3.05, 3.63) is 58.4 Å². The zero-order chi connectivity index (χ0) is 18.4. The van der Waals surface area contributed by atoms with Gasteiger partial charge in [-0.3, -0.25) is 9.59 Å². The van der Waals surface area contributed by atoms with E-state index in [1.165, 1.54) is 19.2 Å². The summed E-state index contributed by atoms with van der Waals surface area (Å²) in [7, 11) is 1.35. The van der Waals surface area contributed by atoms with E-state index in [-0.39, 0.29) is 12.2 Å². The van der Waals surface area contributed by atoms with Crippen LogP contribution in [0, 0.1) is 12.7 Å². The summed E-state index contributed by atoms with van der Waals surface area (Å²) in [5.74, 6) is -1.60. The van der Waals surface area contributed by atoms with E-state index in [2.05, 4.69) is 5.32 Å². The number of amides is 1. The Morgan fingerprint density at radius 3 is 2.64 bits per heavy atom. The molecule has 0 aliphatic rings. The Morgan fingerprint density at radius 1 is 1.20 bits per heavy atom. The largest absolute Gasteiger partial charge is 0.494 e. The highest BCUT2D eigenvalue weighted by Gasteiger charge is 2.12. The molecule has 0 atom stereocenters. The van der Waals surface area contributed by atoms with Gasteiger partial charge in [-0.05, 0) is 42.3 Å². The Bertz CT molecular complexity index is 795. The molecule has 0 aromatic heterocycles. The third-order valence-corrected chi connectivity index (χ3v) is 3.64. The minimum absolute atomic E-state index is 0.0911. The highest BCUT2D eigenvalue weighted by Crippen LogP contribution is 2.20. The van der Waals surface area contributed by atoms with E-state index in [9.17, 15) is 14.0 Å². The summed E-state index contributed by atoms with van der Waals surface area (Å²) in [5, 5.41) is 3.10. The molecule has 0 fully saturated rings. The van der Waals surface area contributed by atoms with Gasteiger partial charge in [-0.1, -0.05) is 23.7 Å². The lowest BCUT2D eigenvalue weighted by atomic mass is 10.1. The Balaban J connectivity index is 1.86. The molecular weight excluding hydrogens is 349 g/mol. The number of benzene rings is 2. The van der Waals surface area contributed by atoms with Crippen molar-refractivity contribution < 1.29 is 23.5 Å². The highest BCUT2D eigenvalue weighted by molar-refractivity contribution is 6.31. The van der Waals surface area contributed by atoms with Gasteiger partial charge < -0.3 is 14.8 Å². The fourth-order valence-corrected chi connectivity index (χ4v) is 2.27. The minimum Gasteiger partial charge on any atom is -0.494 e. The molecule has 0 radical (unpaired) electrons. The van der Waals surface area contributed by atoms with Crippen LogP contribution < -0.4 is 10.1 Å². The molecule has 25 heavy (non-hydrogen) atoms. The first-order valence-corrected chi connectivity index (χ1v) is 7.81. The van der Waals surface area contributed by atoms with Crippen LogP contribution in [0.25, 0.3) is 0 Å². The van der Waals surface area contributed by atoms with Crippen molar-refractivity contribution in [2.75, 3.05) is 19.0 Å². The molecule has 0 heterocycles. The maximum atomic E-state index is 13.6. The van der Waals surface area contributed by atoms with Crippen LogP contribution in [0.1, 0.15) is 11.1 Å². The fourth-order valence-electron chi connectivity index (χ4n) is 2.10. The van der Waals surface area contributed by atoms with Crippen LogP contribution in [0.4, 0.5) is 10.1 Å². The predicted molar refractivity (Wildman–Crippen MR) is 92.4 cm³/mol. The lowest BCUT2D eigenvalue weighted by Crippen LogP contribution is -2.22. The zero-order valence-electron chi connectivity index (χ0n) is 13.8. The average molecular weight is 366 g/mol. The predicted octanol–water partition coefficient (Wildman–Crippen LogP) is 3.52. The number of nitrogens with one attached hydrogen (secondary N) is 1. The molecule has 2 aromatic rings. The van der Waals surface area contributed by atoms with Gasteiger partial charge in [0, 0.05) is 10.7 Å². The third-order valence-electron chi connectivity index (χ3n) is 3.40. The molecule has 1 N–H and O–H groups in total. The average Bonchev–Trinajstić information content (AvgIpc) is 2.56. The zero-order valence-corrected chi connectivity index (χ0v) is 14.5. The van der Waals surface area contributed by atoms with Gasteiger partial charge in [0.25, 0.3) is 5.91 Å². The van der Waals surface area contributed by atoms with Crippen molar-refractivity contribution in [2.45, 2.75) is 13.3 Å². The summed E-state index contributed by atoms with van der Waals surface area (Å²) in [6.07, 6.45) is -0.148. The van der Waals surface area contributed by atoms with E-state index in [4.69, 9.17) is 21.1 Å². The second-order valence-electron chi connectivity index (χ2n) is 5.31. The second kappa shape index (κ2) is 8.48. The molecule has 0 bridgehead atoms. The number of ether oxygens (including phenoxy) is 2. The molecule has 7 heteroatoms. The molecule has 0 aliphatic carbocycles. The van der Waals surface area contributed by atoms with Crippen LogP contribution in [0.2, 0.25) is 5.02 Å². The molecule has 5 nitrogen and oxygen atoms in total. The summed E-state index contributed by atoms with van der Waals surface area (Å²) in [4.78, 5) is 23.6. The van der Waals surface area contributed by atoms with E-state index >= 15 is 0 Å². The Morgan fingerprint density at radius 2 is 1.96 bits per heavy atom. The van der Waals surface area contributed by atoms with Crippen molar-refractivity contribution in [2.24, 2.45) is 0 Å². The molecule has 0 spiro atoms. The maximum Gasteiger partial charge on any atom is 0.310 e. The number of hydrogen-bond donors (Lipinski definition) is 1. The van der Waals surface area contributed by atoms with Gasteiger partial charge in [0.05, 0.1) is 13.5 Å². The van der Waals surface area contributed by atoms with Gasteiger partial charge in [-0.2, -0.15) is 0 Å². The van der Waals surface area contributed by atoms with Gasteiger partial charge in [-0.15, -0.1) is 0 Å². The Hall–Kier alpha value is -2.60. The number of carbonyl (C=O) groups excluding carboxylic acids is 2. The SMILES string of the molecule is COc1ccc(CC(=O)OCC(=O)Nc2cc(Cl)ccc2C)cc1F. The van der Waals surface area contributed by atoms with Crippen molar-refractivity contribution in [1.82, 2.24) is 0 Å². The van der Waals surface area contributed by atoms with Gasteiger partial charge in [0.15, 0.2) is 18.2 Å². The topological polar surface area (TPSA) is 64.6 Å². The van der Waals surface area contributed by atoms with Gasteiger partial charge in [-0.25, -0.2) is 4.39 Å². The number of halogens is 2. The van der Waals surface area contributed by atoms with Crippen molar-refractivity contribution in [3.8, 4) is 5.75 Å². The monoisotopic (exact) mass is 365 g/mol. The molecule has 0 unspecified atom stereocenters. The first kappa shape index (κ1) is 18.7. The van der Waals surface area contributed by atoms with E-state index in [0.717, 1.165) is 5.56 Å². The van der Waals surface area contributed by atoms with Gasteiger partial charge >= 0.3 is 5.97 Å². The number of methoxy groups -OCH3 is 1. The van der Waals surface area contributed by atoms with Crippen molar-refractivity contribution in [1.29, 1.82) is 0 Å². The number of carbonyl (C=O) groups is 2. The van der Waals surface area contributed by atoms with Crippen LogP contribution in [0.15, 0.2) is 36.4 Å². The molecule has 2 rings (SSSR count).